The van der Waals surface area contributed by atoms with Crippen molar-refractivity contribution in [2.45, 2.75) is 19.8 Å². The zero-order valence-electron chi connectivity index (χ0n) is 9.41. The molecule has 0 N–H and O–H groups in total. The van der Waals surface area contributed by atoms with Gasteiger partial charge < -0.3 is 4.74 Å². The zero-order valence-corrected chi connectivity index (χ0v) is 9.41. The summed E-state index contributed by atoms with van der Waals surface area (Å²) in [4.78, 5) is 11.5. The summed E-state index contributed by atoms with van der Waals surface area (Å²) >= 11 is 0. The van der Waals surface area contributed by atoms with Crippen LogP contribution in [-0.4, -0.2) is 12.9 Å². The Kier molecular flexibility index (Phi) is 3.67. The Balaban J connectivity index is 3.04. The van der Waals surface area contributed by atoms with Crippen LogP contribution in [0.3, 0.4) is 0 Å². The number of carbonyl (C=O) groups excluding carboxylic acids is 1. The second-order valence-electron chi connectivity index (χ2n) is 3.62. The third kappa shape index (κ3) is 2.69. The van der Waals surface area contributed by atoms with Crippen LogP contribution in [0, 0.1) is 6.92 Å². The van der Waals surface area contributed by atoms with Gasteiger partial charge in [-0.15, -0.1) is 0 Å². The summed E-state index contributed by atoms with van der Waals surface area (Å²) in [6.45, 7) is 7.31. The molecule has 0 spiro atoms. The van der Waals surface area contributed by atoms with Crippen molar-refractivity contribution in [2.24, 2.45) is 0 Å². The van der Waals surface area contributed by atoms with Crippen molar-refractivity contribution < 1.29 is 9.53 Å². The predicted octanol–water partition coefficient (Wildman–Crippen LogP) is 2.83. The van der Waals surface area contributed by atoms with Crippen LogP contribution in [0.25, 0.3) is 0 Å². The number of hydrogen-bond donors (Lipinski definition) is 0. The van der Waals surface area contributed by atoms with Crippen LogP contribution in [0.15, 0.2) is 36.6 Å². The monoisotopic (exact) mass is 204 g/mol. The fourth-order valence-electron chi connectivity index (χ4n) is 1.52. The molecule has 15 heavy (non-hydrogen) atoms. The molecule has 0 radical (unpaired) electrons. The van der Waals surface area contributed by atoms with Crippen LogP contribution in [0.1, 0.15) is 24.0 Å². The van der Waals surface area contributed by atoms with Crippen molar-refractivity contribution in [1.29, 1.82) is 0 Å². The van der Waals surface area contributed by atoms with Gasteiger partial charge in [-0.3, -0.25) is 4.79 Å². The number of methoxy groups -OCH3 is 1. The lowest BCUT2D eigenvalue weighted by atomic mass is 9.93. The van der Waals surface area contributed by atoms with E-state index in [1.165, 1.54) is 12.7 Å². The fraction of sp³-hybridized carbons (Fsp3) is 0.308. The van der Waals surface area contributed by atoms with E-state index in [2.05, 4.69) is 6.58 Å². The van der Waals surface area contributed by atoms with E-state index < -0.39 is 0 Å². The minimum Gasteiger partial charge on any atom is -0.501 e. The third-order valence-electron chi connectivity index (χ3n) is 2.40. The standard InChI is InChI=1S/C13H16O2/c1-9-5-7-12(8-6-9)13(10(2)14)11(3)15-4/h5-8,13H,3H2,1-2,4H3. The zero-order chi connectivity index (χ0) is 11.4. The van der Waals surface area contributed by atoms with Crippen molar-refractivity contribution in [2.75, 3.05) is 7.11 Å². The summed E-state index contributed by atoms with van der Waals surface area (Å²) in [6, 6.07) is 7.83. The molecule has 1 unspecified atom stereocenters. The van der Waals surface area contributed by atoms with Crippen LogP contribution in [0.2, 0.25) is 0 Å². The SMILES string of the molecule is C=C(OC)C(C(C)=O)c1ccc(C)cc1. The van der Waals surface area contributed by atoms with Gasteiger partial charge in [0, 0.05) is 0 Å². The van der Waals surface area contributed by atoms with E-state index in [1.807, 2.05) is 31.2 Å². The second-order valence-corrected chi connectivity index (χ2v) is 3.62. The minimum absolute atomic E-state index is 0.0469. The van der Waals surface area contributed by atoms with E-state index in [0.29, 0.717) is 5.76 Å². The number of rotatable bonds is 4. The first-order valence-electron chi connectivity index (χ1n) is 4.86. The first kappa shape index (κ1) is 11.5. The molecular weight excluding hydrogens is 188 g/mol. The van der Waals surface area contributed by atoms with E-state index >= 15 is 0 Å². The highest BCUT2D eigenvalue weighted by Crippen LogP contribution is 2.24. The highest BCUT2D eigenvalue weighted by Gasteiger charge is 2.20. The average Bonchev–Trinajstić information content (AvgIpc) is 2.20. The summed E-state index contributed by atoms with van der Waals surface area (Å²) in [5, 5.41) is 0. The van der Waals surface area contributed by atoms with Gasteiger partial charge in [0.05, 0.1) is 13.0 Å². The number of benzene rings is 1. The Morgan fingerprint density at radius 3 is 2.27 bits per heavy atom. The van der Waals surface area contributed by atoms with E-state index in [4.69, 9.17) is 4.74 Å². The molecule has 80 valence electrons. The van der Waals surface area contributed by atoms with Crippen LogP contribution in [0.4, 0.5) is 0 Å². The number of ketones is 1. The van der Waals surface area contributed by atoms with Gasteiger partial charge in [0.15, 0.2) is 0 Å². The molecule has 0 fully saturated rings. The number of ether oxygens (including phenoxy) is 1. The molecule has 1 aromatic rings. The van der Waals surface area contributed by atoms with Crippen LogP contribution < -0.4 is 0 Å². The molecule has 2 heteroatoms. The third-order valence-corrected chi connectivity index (χ3v) is 2.40. The van der Waals surface area contributed by atoms with Gasteiger partial charge in [0.25, 0.3) is 0 Å². The Labute approximate surface area is 90.6 Å². The number of carbonyl (C=O) groups is 1. The van der Waals surface area contributed by atoms with Gasteiger partial charge in [0.2, 0.25) is 0 Å². The van der Waals surface area contributed by atoms with Gasteiger partial charge in [-0.05, 0) is 19.4 Å². The summed E-state index contributed by atoms with van der Waals surface area (Å²) in [7, 11) is 1.53. The van der Waals surface area contributed by atoms with Crippen molar-refractivity contribution in [3.63, 3.8) is 0 Å². The molecule has 0 aromatic heterocycles. The Morgan fingerprint density at radius 2 is 1.87 bits per heavy atom. The van der Waals surface area contributed by atoms with E-state index in [-0.39, 0.29) is 11.7 Å². The molecule has 0 amide bonds. The van der Waals surface area contributed by atoms with E-state index in [1.54, 1.807) is 6.92 Å². The molecule has 0 aliphatic rings. The lowest BCUT2D eigenvalue weighted by Gasteiger charge is -2.16. The van der Waals surface area contributed by atoms with Crippen LogP contribution in [0.5, 0.6) is 0 Å². The number of aryl methyl sites for hydroxylation is 1. The van der Waals surface area contributed by atoms with Crippen molar-refractivity contribution in [3.05, 3.63) is 47.7 Å². The maximum Gasteiger partial charge on any atom is 0.144 e. The molecule has 1 rings (SSSR count). The number of hydrogen-bond acceptors (Lipinski definition) is 2. The van der Waals surface area contributed by atoms with Crippen molar-refractivity contribution in [1.82, 2.24) is 0 Å². The summed E-state index contributed by atoms with van der Waals surface area (Å²) < 4.78 is 5.04. The Hall–Kier alpha value is -1.57. The molecule has 0 bridgehead atoms. The molecule has 0 saturated heterocycles. The number of Topliss-reactive ketones (excluding diaryl/α,β-unsaturated/α-hetero) is 1. The minimum atomic E-state index is -0.351. The topological polar surface area (TPSA) is 26.3 Å². The van der Waals surface area contributed by atoms with Gasteiger partial charge in [-0.25, -0.2) is 0 Å². The molecule has 1 aromatic carbocycles. The van der Waals surface area contributed by atoms with Gasteiger partial charge >= 0.3 is 0 Å². The smallest absolute Gasteiger partial charge is 0.144 e. The number of allylic oxidation sites excluding steroid dienone is 1. The van der Waals surface area contributed by atoms with E-state index in [9.17, 15) is 4.79 Å². The summed E-state index contributed by atoms with van der Waals surface area (Å²) in [5.41, 5.74) is 2.10. The van der Waals surface area contributed by atoms with Crippen molar-refractivity contribution >= 4 is 5.78 Å². The largest absolute Gasteiger partial charge is 0.501 e. The molecule has 0 heterocycles. The first-order chi connectivity index (χ1) is 7.06. The molecule has 0 aliphatic carbocycles. The van der Waals surface area contributed by atoms with Gasteiger partial charge in [-0.1, -0.05) is 36.4 Å². The van der Waals surface area contributed by atoms with Gasteiger partial charge in [-0.2, -0.15) is 0 Å². The summed E-state index contributed by atoms with van der Waals surface area (Å²) in [5.74, 6) is 0.188. The maximum absolute atomic E-state index is 11.5. The first-order valence-corrected chi connectivity index (χ1v) is 4.86. The Morgan fingerprint density at radius 1 is 1.33 bits per heavy atom. The lowest BCUT2D eigenvalue weighted by Crippen LogP contribution is -2.12. The summed E-state index contributed by atoms with van der Waals surface area (Å²) in [6.07, 6.45) is 0. The van der Waals surface area contributed by atoms with Crippen molar-refractivity contribution in [3.8, 4) is 0 Å². The van der Waals surface area contributed by atoms with Crippen LogP contribution >= 0.6 is 0 Å². The quantitative estimate of drug-likeness (QED) is 0.705. The second kappa shape index (κ2) is 4.78. The predicted molar refractivity (Wildman–Crippen MR) is 60.8 cm³/mol. The molecule has 2 nitrogen and oxygen atoms in total. The fourth-order valence-corrected chi connectivity index (χ4v) is 1.52. The van der Waals surface area contributed by atoms with Gasteiger partial charge in [0.1, 0.15) is 11.5 Å². The average molecular weight is 204 g/mol. The maximum atomic E-state index is 11.5. The highest BCUT2D eigenvalue weighted by atomic mass is 16.5. The normalized spacial score (nSPS) is 11.9. The Bertz CT molecular complexity index is 363. The molecule has 0 aliphatic heterocycles. The lowest BCUT2D eigenvalue weighted by molar-refractivity contribution is -0.118. The van der Waals surface area contributed by atoms with Crippen LogP contribution in [-0.2, 0) is 9.53 Å². The van der Waals surface area contributed by atoms with E-state index in [0.717, 1.165) is 5.56 Å². The molecule has 1 atom stereocenters. The molecular formula is C13H16O2. The molecule has 0 saturated carbocycles. The highest BCUT2D eigenvalue weighted by molar-refractivity contribution is 5.86.